The van der Waals surface area contributed by atoms with Gasteiger partial charge in [0.1, 0.15) is 5.52 Å². The van der Waals surface area contributed by atoms with Gasteiger partial charge in [0.15, 0.2) is 5.95 Å². The average molecular weight is 211 g/mol. The molecule has 2 aromatic rings. The number of nitrogens with two attached hydrogens (primary N) is 2. The Labute approximate surface area is 84.1 Å². The third kappa shape index (κ3) is 1.27. The molecule has 0 atom stereocenters. The number of nitrogen functional groups attached to an aromatic ring is 2. The Balaban J connectivity index is 2.85. The molecule has 1 heterocycles. The molecule has 5 nitrogen and oxygen atoms in total. The molecule has 5 N–H and O–H groups in total. The van der Waals surface area contributed by atoms with E-state index in [9.17, 15) is 4.79 Å². The number of aromatic nitrogens is 2. The molecular weight excluding hydrogens is 204 g/mol. The van der Waals surface area contributed by atoms with E-state index in [-0.39, 0.29) is 11.5 Å². The Morgan fingerprint density at radius 2 is 2.14 bits per heavy atom. The average Bonchev–Trinajstić information content (AvgIpc) is 2.42. The minimum Gasteiger partial charge on any atom is -0.399 e. The fourth-order valence-electron chi connectivity index (χ4n) is 1.31. The summed E-state index contributed by atoms with van der Waals surface area (Å²) in [6.07, 6.45) is 0. The van der Waals surface area contributed by atoms with E-state index >= 15 is 0 Å². The van der Waals surface area contributed by atoms with Gasteiger partial charge in [0, 0.05) is 5.69 Å². The molecule has 0 spiro atoms. The van der Waals surface area contributed by atoms with Gasteiger partial charge >= 0.3 is 0 Å². The van der Waals surface area contributed by atoms with Crippen molar-refractivity contribution in [1.82, 2.24) is 9.97 Å². The zero-order chi connectivity index (χ0) is 10.3. The van der Waals surface area contributed by atoms with Gasteiger partial charge < -0.3 is 16.5 Å². The van der Waals surface area contributed by atoms with Crippen molar-refractivity contribution in [2.75, 3.05) is 11.5 Å². The molecule has 1 aromatic carbocycles. The number of fused-ring (bicyclic) bond motifs is 1. The van der Waals surface area contributed by atoms with Crippen LogP contribution < -0.4 is 11.5 Å². The van der Waals surface area contributed by atoms with Crippen LogP contribution in [0.2, 0.25) is 0 Å². The first-order chi connectivity index (χ1) is 6.58. The molecule has 1 aromatic heterocycles. The van der Waals surface area contributed by atoms with Crippen molar-refractivity contribution in [3.8, 4) is 0 Å². The van der Waals surface area contributed by atoms with Gasteiger partial charge in [-0.15, -0.1) is 0 Å². The molecule has 0 aliphatic heterocycles. The molecule has 0 unspecified atom stereocenters. The third-order valence-electron chi connectivity index (χ3n) is 1.84. The van der Waals surface area contributed by atoms with E-state index < -0.39 is 5.24 Å². The van der Waals surface area contributed by atoms with Crippen molar-refractivity contribution in [3.05, 3.63) is 17.7 Å². The van der Waals surface area contributed by atoms with Crippen LogP contribution in [-0.2, 0) is 0 Å². The first-order valence-electron chi connectivity index (χ1n) is 3.82. The van der Waals surface area contributed by atoms with E-state index in [1.165, 1.54) is 6.07 Å². The summed E-state index contributed by atoms with van der Waals surface area (Å²) >= 11 is 5.37. The fraction of sp³-hybridized carbons (Fsp3) is 0. The zero-order valence-corrected chi connectivity index (χ0v) is 7.80. The van der Waals surface area contributed by atoms with E-state index in [0.29, 0.717) is 16.7 Å². The molecule has 14 heavy (non-hydrogen) atoms. The molecule has 2 rings (SSSR count). The monoisotopic (exact) mass is 210 g/mol. The second-order valence-electron chi connectivity index (χ2n) is 2.86. The number of imidazole rings is 1. The smallest absolute Gasteiger partial charge is 0.254 e. The van der Waals surface area contributed by atoms with Crippen LogP contribution in [0.15, 0.2) is 12.1 Å². The summed E-state index contributed by atoms with van der Waals surface area (Å²) in [5, 5.41) is -0.603. The first-order valence-corrected chi connectivity index (χ1v) is 4.20. The van der Waals surface area contributed by atoms with E-state index in [0.717, 1.165) is 0 Å². The maximum Gasteiger partial charge on any atom is 0.254 e. The number of H-pyrrole nitrogens is 1. The number of rotatable bonds is 1. The molecule has 0 saturated heterocycles. The number of nitrogens with zero attached hydrogens (tertiary/aromatic N) is 1. The highest BCUT2D eigenvalue weighted by atomic mass is 35.5. The van der Waals surface area contributed by atoms with Gasteiger partial charge in [-0.1, -0.05) is 0 Å². The highest BCUT2D eigenvalue weighted by Crippen LogP contribution is 2.22. The van der Waals surface area contributed by atoms with Crippen molar-refractivity contribution in [2.24, 2.45) is 0 Å². The highest BCUT2D eigenvalue weighted by Gasteiger charge is 2.12. The van der Waals surface area contributed by atoms with Crippen LogP contribution in [0, 0.1) is 0 Å². The summed E-state index contributed by atoms with van der Waals surface area (Å²) in [7, 11) is 0. The minimum absolute atomic E-state index is 0.227. The van der Waals surface area contributed by atoms with Gasteiger partial charge in [-0.2, -0.15) is 0 Å². The fourth-order valence-corrected chi connectivity index (χ4v) is 1.45. The molecule has 0 fully saturated rings. The maximum atomic E-state index is 11.0. The van der Waals surface area contributed by atoms with Crippen LogP contribution in [0.4, 0.5) is 11.6 Å². The lowest BCUT2D eigenvalue weighted by Crippen LogP contribution is -1.94. The molecule has 0 aliphatic carbocycles. The SMILES string of the molecule is Nc1cc(C(=O)Cl)c2nc(N)[nH]c2c1. The molecular formula is C8H7ClN4O. The molecule has 0 bridgehead atoms. The van der Waals surface area contributed by atoms with Crippen LogP contribution in [0.5, 0.6) is 0 Å². The lowest BCUT2D eigenvalue weighted by atomic mass is 10.2. The number of benzene rings is 1. The highest BCUT2D eigenvalue weighted by molar-refractivity contribution is 6.68. The van der Waals surface area contributed by atoms with Gasteiger partial charge in [-0.05, 0) is 23.7 Å². The van der Waals surface area contributed by atoms with Crippen LogP contribution in [0.1, 0.15) is 10.4 Å². The molecule has 72 valence electrons. The quantitative estimate of drug-likeness (QED) is 0.485. The van der Waals surface area contributed by atoms with Crippen LogP contribution in [0.25, 0.3) is 11.0 Å². The van der Waals surface area contributed by atoms with Crippen molar-refractivity contribution in [1.29, 1.82) is 0 Å². The molecule has 0 radical (unpaired) electrons. The number of carbonyl (C=O) groups is 1. The number of aromatic amines is 1. The lowest BCUT2D eigenvalue weighted by molar-refractivity contribution is 0.108. The number of anilines is 2. The standard InChI is InChI=1S/C8H7ClN4O/c9-7(14)4-1-3(10)2-5-6(4)13-8(11)12-5/h1-2H,10H2,(H3,11,12,13). The Morgan fingerprint density at radius 3 is 2.79 bits per heavy atom. The molecule has 0 amide bonds. The largest absolute Gasteiger partial charge is 0.399 e. The van der Waals surface area contributed by atoms with Crippen LogP contribution >= 0.6 is 11.6 Å². The number of halogens is 1. The Morgan fingerprint density at radius 1 is 1.43 bits per heavy atom. The summed E-state index contributed by atoms with van der Waals surface area (Å²) in [5.74, 6) is 0.227. The normalized spacial score (nSPS) is 10.6. The Hall–Kier alpha value is -1.75. The Bertz CT molecular complexity index is 519. The van der Waals surface area contributed by atoms with Gasteiger partial charge in [0.25, 0.3) is 5.24 Å². The predicted octanol–water partition coefficient (Wildman–Crippen LogP) is 1.11. The predicted molar refractivity (Wildman–Crippen MR) is 55.1 cm³/mol. The summed E-state index contributed by atoms with van der Waals surface area (Å²) in [6.45, 7) is 0. The second-order valence-corrected chi connectivity index (χ2v) is 3.20. The second kappa shape index (κ2) is 2.88. The van der Waals surface area contributed by atoms with Crippen molar-refractivity contribution >= 4 is 39.5 Å². The van der Waals surface area contributed by atoms with E-state index in [1.807, 2.05) is 0 Å². The Kier molecular flexibility index (Phi) is 1.82. The molecule has 6 heteroatoms. The third-order valence-corrected chi connectivity index (χ3v) is 2.04. The topological polar surface area (TPSA) is 97.8 Å². The van der Waals surface area contributed by atoms with Crippen molar-refractivity contribution in [3.63, 3.8) is 0 Å². The number of carbonyl (C=O) groups excluding carboxylic acids is 1. The van der Waals surface area contributed by atoms with Gasteiger partial charge in [0.05, 0.1) is 11.1 Å². The zero-order valence-electron chi connectivity index (χ0n) is 7.04. The number of hydrogen-bond donors (Lipinski definition) is 3. The van der Waals surface area contributed by atoms with E-state index in [4.69, 9.17) is 23.1 Å². The first kappa shape index (κ1) is 8.83. The van der Waals surface area contributed by atoms with E-state index in [1.54, 1.807) is 6.07 Å². The van der Waals surface area contributed by atoms with Crippen molar-refractivity contribution < 1.29 is 4.79 Å². The summed E-state index contributed by atoms with van der Waals surface area (Å²) < 4.78 is 0. The molecule has 0 saturated carbocycles. The summed E-state index contributed by atoms with van der Waals surface area (Å²) in [5.41, 5.74) is 12.8. The van der Waals surface area contributed by atoms with Gasteiger partial charge in [-0.3, -0.25) is 4.79 Å². The van der Waals surface area contributed by atoms with Gasteiger partial charge in [0.2, 0.25) is 0 Å². The minimum atomic E-state index is -0.603. The number of nitrogens with one attached hydrogen (secondary N) is 1. The van der Waals surface area contributed by atoms with Crippen LogP contribution in [0.3, 0.4) is 0 Å². The van der Waals surface area contributed by atoms with Gasteiger partial charge in [-0.25, -0.2) is 4.98 Å². The summed E-state index contributed by atoms with van der Waals surface area (Å²) in [6, 6.07) is 3.11. The summed E-state index contributed by atoms with van der Waals surface area (Å²) in [4.78, 5) is 17.7. The van der Waals surface area contributed by atoms with Crippen molar-refractivity contribution in [2.45, 2.75) is 0 Å². The van der Waals surface area contributed by atoms with E-state index in [2.05, 4.69) is 9.97 Å². The number of hydrogen-bond acceptors (Lipinski definition) is 4. The lowest BCUT2D eigenvalue weighted by Gasteiger charge is -1.97. The van der Waals surface area contributed by atoms with Crippen LogP contribution in [-0.4, -0.2) is 15.2 Å². The molecule has 0 aliphatic rings. The maximum absolute atomic E-state index is 11.0.